The number of halogens is 3. The van der Waals surface area contributed by atoms with Crippen molar-refractivity contribution < 1.29 is 13.6 Å². The molecule has 1 aromatic rings. The van der Waals surface area contributed by atoms with E-state index in [-0.39, 0.29) is 29.0 Å². The normalized spacial score (nSPS) is 12.6. The molecule has 0 saturated carbocycles. The number of benzene rings is 1. The molecule has 3 nitrogen and oxygen atoms in total. The van der Waals surface area contributed by atoms with Gasteiger partial charge in [-0.15, -0.1) is 0 Å². The Balaban J connectivity index is 2.71. The van der Waals surface area contributed by atoms with Crippen molar-refractivity contribution in [2.24, 2.45) is 17.6 Å². The maximum absolute atomic E-state index is 13.5. The van der Waals surface area contributed by atoms with Gasteiger partial charge in [-0.25, -0.2) is 8.78 Å². The van der Waals surface area contributed by atoms with E-state index in [4.69, 9.17) is 17.3 Å². The van der Waals surface area contributed by atoms with E-state index in [9.17, 15) is 13.6 Å². The molecule has 20 heavy (non-hydrogen) atoms. The van der Waals surface area contributed by atoms with Gasteiger partial charge in [0.25, 0.3) is 0 Å². The topological polar surface area (TPSA) is 55.1 Å². The second-order valence-electron chi connectivity index (χ2n) is 5.23. The fourth-order valence-corrected chi connectivity index (χ4v) is 2.29. The summed E-state index contributed by atoms with van der Waals surface area (Å²) in [6, 6.07) is 1.63. The van der Waals surface area contributed by atoms with Crippen LogP contribution in [0.5, 0.6) is 0 Å². The zero-order valence-electron chi connectivity index (χ0n) is 11.6. The zero-order chi connectivity index (χ0) is 15.3. The van der Waals surface area contributed by atoms with Gasteiger partial charge in [0.15, 0.2) is 5.82 Å². The Bertz CT molecular complexity index is 457. The summed E-state index contributed by atoms with van der Waals surface area (Å²) < 4.78 is 26.4. The van der Waals surface area contributed by atoms with E-state index in [0.717, 1.165) is 12.5 Å². The lowest BCUT2D eigenvalue weighted by Gasteiger charge is -2.17. The molecule has 0 aliphatic carbocycles. The van der Waals surface area contributed by atoms with Gasteiger partial charge in [0, 0.05) is 12.5 Å². The summed E-state index contributed by atoms with van der Waals surface area (Å²) in [5, 5.41) is 2.21. The van der Waals surface area contributed by atoms with Crippen molar-refractivity contribution in [3.8, 4) is 0 Å². The largest absolute Gasteiger partial charge is 0.330 e. The van der Waals surface area contributed by atoms with Crippen LogP contribution in [-0.2, 0) is 4.79 Å². The van der Waals surface area contributed by atoms with Crippen LogP contribution in [0.3, 0.4) is 0 Å². The van der Waals surface area contributed by atoms with Gasteiger partial charge in [0.2, 0.25) is 5.91 Å². The number of nitrogens with two attached hydrogens (primary N) is 1. The van der Waals surface area contributed by atoms with Gasteiger partial charge in [-0.1, -0.05) is 25.4 Å². The Morgan fingerprint density at radius 2 is 2.05 bits per heavy atom. The number of hydrogen-bond acceptors (Lipinski definition) is 2. The molecule has 0 heterocycles. The van der Waals surface area contributed by atoms with Crippen LogP contribution in [0, 0.1) is 23.5 Å². The molecular weight excluding hydrogens is 286 g/mol. The molecule has 0 unspecified atom stereocenters. The second-order valence-corrected chi connectivity index (χ2v) is 5.64. The first-order valence-corrected chi connectivity index (χ1v) is 6.85. The third-order valence-electron chi connectivity index (χ3n) is 2.88. The van der Waals surface area contributed by atoms with Gasteiger partial charge < -0.3 is 11.1 Å². The van der Waals surface area contributed by atoms with Gasteiger partial charge in [-0.3, -0.25) is 4.79 Å². The summed E-state index contributed by atoms with van der Waals surface area (Å²) in [5.74, 6) is -1.62. The third kappa shape index (κ3) is 5.06. The van der Waals surface area contributed by atoms with Gasteiger partial charge >= 0.3 is 0 Å². The van der Waals surface area contributed by atoms with E-state index in [2.05, 4.69) is 5.32 Å². The Morgan fingerprint density at radius 1 is 1.40 bits per heavy atom. The smallest absolute Gasteiger partial charge is 0.224 e. The Labute approximate surface area is 122 Å². The number of nitrogens with one attached hydrogen (secondary N) is 1. The van der Waals surface area contributed by atoms with E-state index in [1.165, 1.54) is 0 Å². The first kappa shape index (κ1) is 16.9. The summed E-state index contributed by atoms with van der Waals surface area (Å²) in [6.45, 7) is 4.46. The second kappa shape index (κ2) is 7.55. The van der Waals surface area contributed by atoms with Gasteiger partial charge in [-0.2, -0.15) is 0 Å². The minimum absolute atomic E-state index is 0.0253. The minimum Gasteiger partial charge on any atom is -0.330 e. The Hall–Kier alpha value is -1.20. The van der Waals surface area contributed by atoms with Crippen molar-refractivity contribution in [2.45, 2.75) is 26.7 Å². The van der Waals surface area contributed by atoms with Crippen LogP contribution in [0.4, 0.5) is 14.5 Å². The van der Waals surface area contributed by atoms with E-state index < -0.39 is 11.6 Å². The van der Waals surface area contributed by atoms with Crippen molar-refractivity contribution in [1.29, 1.82) is 0 Å². The SMILES string of the molecule is CC(C)C[C@H](CN)CC(=O)Nc1c(F)cc(F)cc1Cl. The zero-order valence-corrected chi connectivity index (χ0v) is 12.3. The van der Waals surface area contributed by atoms with Crippen molar-refractivity contribution in [1.82, 2.24) is 0 Å². The van der Waals surface area contributed by atoms with E-state index in [1.807, 2.05) is 13.8 Å². The average Bonchev–Trinajstić information content (AvgIpc) is 2.32. The number of carbonyl (C=O) groups is 1. The maximum atomic E-state index is 13.5. The molecule has 0 aliphatic heterocycles. The molecular formula is C14H19ClF2N2O. The summed E-state index contributed by atoms with van der Waals surface area (Å²) in [5.41, 5.74) is 5.42. The molecule has 1 amide bonds. The predicted molar refractivity (Wildman–Crippen MR) is 76.6 cm³/mol. The summed E-state index contributed by atoms with van der Waals surface area (Å²) in [4.78, 5) is 11.9. The van der Waals surface area contributed by atoms with Crippen LogP contribution in [-0.4, -0.2) is 12.5 Å². The molecule has 0 fully saturated rings. The van der Waals surface area contributed by atoms with Gasteiger partial charge in [-0.05, 0) is 30.9 Å². The highest BCUT2D eigenvalue weighted by Gasteiger charge is 2.17. The average molecular weight is 305 g/mol. The third-order valence-corrected chi connectivity index (χ3v) is 3.18. The fourth-order valence-electron chi connectivity index (χ4n) is 2.04. The first-order chi connectivity index (χ1) is 9.33. The lowest BCUT2D eigenvalue weighted by molar-refractivity contribution is -0.117. The molecule has 0 saturated heterocycles. The quantitative estimate of drug-likeness (QED) is 0.844. The summed E-state index contributed by atoms with van der Waals surface area (Å²) in [6.07, 6.45) is 0.991. The highest BCUT2D eigenvalue weighted by molar-refractivity contribution is 6.33. The predicted octanol–water partition coefficient (Wildman–Crippen LogP) is 3.57. The van der Waals surface area contributed by atoms with Gasteiger partial charge in [0.05, 0.1) is 10.7 Å². The lowest BCUT2D eigenvalue weighted by atomic mass is 9.94. The summed E-state index contributed by atoms with van der Waals surface area (Å²) in [7, 11) is 0. The van der Waals surface area contributed by atoms with Gasteiger partial charge in [0.1, 0.15) is 5.82 Å². The van der Waals surface area contributed by atoms with Crippen LogP contribution in [0.1, 0.15) is 26.7 Å². The molecule has 0 bridgehead atoms. The Morgan fingerprint density at radius 3 is 2.55 bits per heavy atom. The molecule has 6 heteroatoms. The van der Waals surface area contributed by atoms with E-state index in [0.29, 0.717) is 18.5 Å². The minimum atomic E-state index is -0.892. The number of hydrogen-bond donors (Lipinski definition) is 2. The monoisotopic (exact) mass is 304 g/mol. The van der Waals surface area contributed by atoms with Crippen molar-refractivity contribution in [3.05, 3.63) is 28.8 Å². The maximum Gasteiger partial charge on any atom is 0.224 e. The Kier molecular flexibility index (Phi) is 6.36. The number of amides is 1. The lowest BCUT2D eigenvalue weighted by Crippen LogP contribution is -2.24. The van der Waals surface area contributed by atoms with Crippen LogP contribution >= 0.6 is 11.6 Å². The molecule has 0 aromatic heterocycles. The fraction of sp³-hybridized carbons (Fsp3) is 0.500. The molecule has 0 aliphatic rings. The number of anilines is 1. The van der Waals surface area contributed by atoms with Crippen LogP contribution < -0.4 is 11.1 Å². The molecule has 0 radical (unpaired) electrons. The highest BCUT2D eigenvalue weighted by atomic mass is 35.5. The number of carbonyl (C=O) groups excluding carboxylic acids is 1. The summed E-state index contributed by atoms with van der Waals surface area (Å²) >= 11 is 5.71. The standard InChI is InChI=1S/C14H19ClF2N2O/c1-8(2)3-9(7-18)4-13(20)19-14-11(15)5-10(16)6-12(14)17/h5-6,8-9H,3-4,7,18H2,1-2H3,(H,19,20)/t9-/m0/s1. The highest BCUT2D eigenvalue weighted by Crippen LogP contribution is 2.27. The van der Waals surface area contributed by atoms with E-state index in [1.54, 1.807) is 0 Å². The molecule has 112 valence electrons. The molecule has 3 N–H and O–H groups in total. The molecule has 1 atom stereocenters. The first-order valence-electron chi connectivity index (χ1n) is 6.48. The van der Waals surface area contributed by atoms with Crippen LogP contribution in [0.2, 0.25) is 5.02 Å². The van der Waals surface area contributed by atoms with Crippen molar-refractivity contribution >= 4 is 23.2 Å². The van der Waals surface area contributed by atoms with Crippen molar-refractivity contribution in [2.75, 3.05) is 11.9 Å². The van der Waals surface area contributed by atoms with Crippen LogP contribution in [0.25, 0.3) is 0 Å². The van der Waals surface area contributed by atoms with Crippen molar-refractivity contribution in [3.63, 3.8) is 0 Å². The number of rotatable bonds is 6. The molecule has 1 aromatic carbocycles. The molecule has 1 rings (SSSR count). The van der Waals surface area contributed by atoms with E-state index >= 15 is 0 Å². The van der Waals surface area contributed by atoms with Crippen LogP contribution in [0.15, 0.2) is 12.1 Å². The molecule has 0 spiro atoms.